The highest BCUT2D eigenvalue weighted by Gasteiger charge is 2.32. The van der Waals surface area contributed by atoms with E-state index >= 15 is 0 Å². The number of sulfonamides is 1. The summed E-state index contributed by atoms with van der Waals surface area (Å²) in [5, 5.41) is 0.428. The summed E-state index contributed by atoms with van der Waals surface area (Å²) in [6.45, 7) is 4.37. The molecule has 4 aromatic rings. The average Bonchev–Trinajstić information content (AvgIpc) is 3.52. The summed E-state index contributed by atoms with van der Waals surface area (Å²) >= 11 is 0. The molecule has 0 spiro atoms. The largest absolute Gasteiger partial charge is 0.455 e. The highest BCUT2D eigenvalue weighted by atomic mass is 32.2. The van der Waals surface area contributed by atoms with Gasteiger partial charge in [-0.15, -0.1) is 0 Å². The fourth-order valence-corrected chi connectivity index (χ4v) is 6.84. The molecule has 10 heteroatoms. The Morgan fingerprint density at radius 3 is 2.28 bits per heavy atom. The van der Waals surface area contributed by atoms with Gasteiger partial charge in [0, 0.05) is 46.6 Å². The smallest absolute Gasteiger partial charge is 0.254 e. The number of benzene rings is 3. The predicted octanol–water partition coefficient (Wildman–Crippen LogP) is 7.25. The maximum atomic E-state index is 13.7. The Morgan fingerprint density at radius 1 is 1.00 bits per heavy atom. The van der Waals surface area contributed by atoms with Crippen molar-refractivity contribution in [2.24, 2.45) is 0 Å². The van der Waals surface area contributed by atoms with Gasteiger partial charge in [0.25, 0.3) is 5.91 Å². The Bertz CT molecular complexity index is 1790. The molecule has 1 aliphatic heterocycles. The first-order chi connectivity index (χ1) is 20.4. The Balaban J connectivity index is 1.77. The molecule has 1 amide bonds. The molecule has 0 unspecified atom stereocenters. The van der Waals surface area contributed by atoms with Gasteiger partial charge in [-0.3, -0.25) is 13.9 Å². The third-order valence-corrected chi connectivity index (χ3v) is 9.26. The number of ketones is 1. The first kappa shape index (κ1) is 30.4. The molecular formula is C33H34F2N2O5S. The van der Waals surface area contributed by atoms with Gasteiger partial charge in [-0.1, -0.05) is 19.1 Å². The molecule has 0 saturated carbocycles. The number of carbonyl (C=O) groups is 2. The zero-order valence-electron chi connectivity index (χ0n) is 24.6. The summed E-state index contributed by atoms with van der Waals surface area (Å²) in [7, 11) is -3.95. The Kier molecular flexibility index (Phi) is 8.42. The molecule has 7 nitrogen and oxygen atoms in total. The molecule has 1 aliphatic rings. The zero-order chi connectivity index (χ0) is 31.1. The van der Waals surface area contributed by atoms with Gasteiger partial charge in [0.05, 0.1) is 24.1 Å². The van der Waals surface area contributed by atoms with Gasteiger partial charge in [0.15, 0.2) is 5.78 Å². The number of rotatable bonds is 9. The highest BCUT2D eigenvalue weighted by molar-refractivity contribution is 7.92. The van der Waals surface area contributed by atoms with Crippen LogP contribution in [0, 0.1) is 5.82 Å². The fraction of sp³-hybridized carbons (Fsp3) is 0.333. The zero-order valence-corrected chi connectivity index (χ0v) is 25.4. The molecule has 2 atom stereocenters. The number of Topliss-reactive ketones (excluding diaryl/α,β-unsaturated/α-hetero) is 1. The van der Waals surface area contributed by atoms with Crippen LogP contribution in [0.1, 0.15) is 60.7 Å². The molecule has 0 bridgehead atoms. The molecular weight excluding hydrogens is 574 g/mol. The van der Waals surface area contributed by atoms with Gasteiger partial charge >= 0.3 is 0 Å². The van der Waals surface area contributed by atoms with Crippen molar-refractivity contribution in [2.75, 3.05) is 23.8 Å². The van der Waals surface area contributed by atoms with Crippen LogP contribution in [0.3, 0.4) is 0 Å². The molecule has 1 aromatic heterocycles. The molecule has 0 radical (unpaired) electrons. The topological polar surface area (TPSA) is 87.9 Å². The fourth-order valence-electron chi connectivity index (χ4n) is 5.93. The molecule has 226 valence electrons. The molecule has 1 saturated heterocycles. The summed E-state index contributed by atoms with van der Waals surface area (Å²) in [5.41, 5.74) is 2.46. The number of likely N-dealkylation sites (tertiary alicyclic amines) is 1. The van der Waals surface area contributed by atoms with Crippen molar-refractivity contribution in [3.63, 3.8) is 0 Å². The highest BCUT2D eigenvalue weighted by Crippen LogP contribution is 2.42. The van der Waals surface area contributed by atoms with E-state index in [1.54, 1.807) is 37.3 Å². The van der Waals surface area contributed by atoms with Crippen LogP contribution >= 0.6 is 0 Å². The summed E-state index contributed by atoms with van der Waals surface area (Å²) in [5.74, 6) is -0.576. The molecule has 0 aliphatic carbocycles. The van der Waals surface area contributed by atoms with Crippen molar-refractivity contribution >= 4 is 38.4 Å². The van der Waals surface area contributed by atoms with E-state index in [1.807, 2.05) is 18.7 Å². The number of fused-ring (bicyclic) bond motifs is 1. The van der Waals surface area contributed by atoms with E-state index in [4.69, 9.17) is 4.42 Å². The second-order valence-corrected chi connectivity index (χ2v) is 13.0. The van der Waals surface area contributed by atoms with Gasteiger partial charge in [-0.2, -0.15) is 0 Å². The van der Waals surface area contributed by atoms with Crippen molar-refractivity contribution in [3.8, 4) is 22.5 Å². The summed E-state index contributed by atoms with van der Waals surface area (Å²) in [6, 6.07) is 15.7. The van der Waals surface area contributed by atoms with Gasteiger partial charge in [0.2, 0.25) is 10.0 Å². The van der Waals surface area contributed by atoms with Gasteiger partial charge in [0.1, 0.15) is 23.8 Å². The van der Waals surface area contributed by atoms with Crippen LogP contribution in [0.4, 0.5) is 14.5 Å². The minimum Gasteiger partial charge on any atom is -0.455 e. The lowest BCUT2D eigenvalue weighted by molar-refractivity contribution is 0.0692. The Morgan fingerprint density at radius 2 is 1.67 bits per heavy atom. The van der Waals surface area contributed by atoms with Crippen LogP contribution in [0.25, 0.3) is 33.4 Å². The van der Waals surface area contributed by atoms with Crippen LogP contribution in [-0.4, -0.2) is 56.6 Å². The standard InChI is InChI=1S/C33H34F2N2O5S/c1-5-29(38)31-27-18-26(23-7-6-8-24(17-23)33(39)37-20(2)9-10-21(37)3)28(36(16-15-34)43(4,40)41)19-30(27)42-32(31)22-11-13-25(35)14-12-22/h6-8,11-14,17-21H,5,9-10,15-16H2,1-4H3/t20-,21-/m1/s1. The van der Waals surface area contributed by atoms with Crippen LogP contribution in [0.15, 0.2) is 65.1 Å². The summed E-state index contributed by atoms with van der Waals surface area (Å²) in [4.78, 5) is 28.7. The van der Waals surface area contributed by atoms with E-state index in [1.165, 1.54) is 30.3 Å². The number of carbonyl (C=O) groups excluding carboxylic acids is 2. The number of nitrogens with zero attached hydrogens (tertiary/aromatic N) is 2. The maximum Gasteiger partial charge on any atom is 0.254 e. The quantitative estimate of drug-likeness (QED) is 0.187. The molecule has 3 aromatic carbocycles. The lowest BCUT2D eigenvalue weighted by Crippen LogP contribution is -2.38. The molecule has 0 N–H and O–H groups in total. The van der Waals surface area contributed by atoms with Crippen molar-refractivity contribution in [3.05, 3.63) is 77.6 Å². The minimum absolute atomic E-state index is 0.0850. The minimum atomic E-state index is -3.95. The van der Waals surface area contributed by atoms with Crippen LogP contribution in [-0.2, 0) is 10.0 Å². The first-order valence-electron chi connectivity index (χ1n) is 14.3. The van der Waals surface area contributed by atoms with E-state index < -0.39 is 29.1 Å². The number of furan rings is 1. The second-order valence-electron chi connectivity index (χ2n) is 11.0. The van der Waals surface area contributed by atoms with Gasteiger partial charge in [-0.05, 0) is 74.7 Å². The number of alkyl halides is 1. The van der Waals surface area contributed by atoms with Crippen molar-refractivity contribution in [1.29, 1.82) is 0 Å². The molecule has 1 fully saturated rings. The molecule has 2 heterocycles. The third kappa shape index (κ3) is 5.80. The van der Waals surface area contributed by atoms with Gasteiger partial charge < -0.3 is 9.32 Å². The SMILES string of the molecule is CCC(=O)c1c(-c2ccc(F)cc2)oc2cc(N(CCF)S(C)(=O)=O)c(-c3cccc(C(=O)N4[C@H](C)CC[C@H]4C)c3)cc12. The summed E-state index contributed by atoms with van der Waals surface area (Å²) < 4.78 is 60.4. The third-order valence-electron chi connectivity index (χ3n) is 8.08. The summed E-state index contributed by atoms with van der Waals surface area (Å²) in [6.07, 6.45) is 2.97. The van der Waals surface area contributed by atoms with Crippen LogP contribution < -0.4 is 4.31 Å². The van der Waals surface area contributed by atoms with E-state index in [-0.39, 0.29) is 52.8 Å². The number of halogens is 2. The van der Waals surface area contributed by atoms with Crippen LogP contribution in [0.5, 0.6) is 0 Å². The Labute approximate surface area is 250 Å². The second kappa shape index (κ2) is 11.9. The number of amides is 1. The first-order valence-corrected chi connectivity index (χ1v) is 16.2. The predicted molar refractivity (Wildman–Crippen MR) is 164 cm³/mol. The molecule has 43 heavy (non-hydrogen) atoms. The van der Waals surface area contributed by atoms with Crippen molar-refractivity contribution in [2.45, 2.75) is 52.1 Å². The lowest BCUT2D eigenvalue weighted by Gasteiger charge is -2.27. The van der Waals surface area contributed by atoms with E-state index in [0.29, 0.717) is 27.6 Å². The lowest BCUT2D eigenvalue weighted by atomic mass is 9.95. The van der Waals surface area contributed by atoms with Crippen molar-refractivity contribution in [1.82, 2.24) is 4.90 Å². The maximum absolute atomic E-state index is 13.7. The number of hydrogen-bond acceptors (Lipinski definition) is 5. The van der Waals surface area contributed by atoms with Crippen LogP contribution in [0.2, 0.25) is 0 Å². The Hall–Kier alpha value is -4.05. The molecule has 5 rings (SSSR count). The van der Waals surface area contributed by atoms with E-state index in [0.717, 1.165) is 23.4 Å². The van der Waals surface area contributed by atoms with E-state index in [9.17, 15) is 26.8 Å². The monoisotopic (exact) mass is 608 g/mol. The normalized spacial score (nSPS) is 17.0. The van der Waals surface area contributed by atoms with E-state index in [2.05, 4.69) is 0 Å². The van der Waals surface area contributed by atoms with Crippen molar-refractivity contribution < 1.29 is 31.2 Å². The number of hydrogen-bond donors (Lipinski definition) is 0. The average molecular weight is 609 g/mol. The van der Waals surface area contributed by atoms with Gasteiger partial charge in [-0.25, -0.2) is 17.2 Å². The number of anilines is 1.